The Balaban J connectivity index is 2.02. The van der Waals surface area contributed by atoms with E-state index in [9.17, 15) is 24.0 Å². The molecule has 0 aromatic heterocycles. The van der Waals surface area contributed by atoms with Gasteiger partial charge in [-0.05, 0) is 17.5 Å². The van der Waals surface area contributed by atoms with Crippen molar-refractivity contribution in [3.05, 3.63) is 71.8 Å². The molecule has 3 amide bonds. The molecule has 0 saturated heterocycles. The summed E-state index contributed by atoms with van der Waals surface area (Å²) in [5.41, 5.74) is 7.63. The van der Waals surface area contributed by atoms with Crippen LogP contribution in [0.2, 0.25) is 0 Å². The van der Waals surface area contributed by atoms with Gasteiger partial charge in [-0.1, -0.05) is 60.7 Å². The topological polar surface area (TPSA) is 188 Å². The Labute approximate surface area is 201 Å². The van der Waals surface area contributed by atoms with Crippen LogP contribution in [-0.2, 0) is 36.8 Å². The van der Waals surface area contributed by atoms with Crippen LogP contribution in [0.5, 0.6) is 0 Å². The van der Waals surface area contributed by atoms with Crippen molar-refractivity contribution < 1.29 is 34.2 Å². The summed E-state index contributed by atoms with van der Waals surface area (Å²) in [7, 11) is 0. The van der Waals surface area contributed by atoms with E-state index in [1.54, 1.807) is 30.3 Å². The van der Waals surface area contributed by atoms with E-state index < -0.39 is 60.8 Å². The number of carbonyl (C=O) groups excluding carboxylic acids is 3. The van der Waals surface area contributed by atoms with E-state index in [2.05, 4.69) is 10.6 Å². The minimum Gasteiger partial charge on any atom is -0.481 e. The van der Waals surface area contributed by atoms with Crippen molar-refractivity contribution in [3.63, 3.8) is 0 Å². The fourth-order valence-electron chi connectivity index (χ4n) is 3.21. The van der Waals surface area contributed by atoms with Gasteiger partial charge in [0.1, 0.15) is 12.1 Å². The fourth-order valence-corrected chi connectivity index (χ4v) is 3.21. The lowest BCUT2D eigenvalue weighted by molar-refractivity contribution is -0.147. The quantitative estimate of drug-likeness (QED) is 0.218. The van der Waals surface area contributed by atoms with Crippen molar-refractivity contribution in [2.45, 2.75) is 37.4 Å². The van der Waals surface area contributed by atoms with E-state index in [4.69, 9.17) is 15.9 Å². The van der Waals surface area contributed by atoms with Crippen LogP contribution in [0.3, 0.4) is 0 Å². The molecule has 0 aliphatic rings. The lowest BCUT2D eigenvalue weighted by Crippen LogP contribution is -2.54. The zero-order chi connectivity index (χ0) is 25.8. The normalized spacial score (nSPS) is 13.1. The number of carboxylic acids is 2. The van der Waals surface area contributed by atoms with Gasteiger partial charge in [-0.2, -0.15) is 0 Å². The van der Waals surface area contributed by atoms with Gasteiger partial charge in [-0.25, -0.2) is 4.79 Å². The second-order valence-corrected chi connectivity index (χ2v) is 7.82. The molecule has 0 saturated carbocycles. The maximum absolute atomic E-state index is 12.8. The minimum absolute atomic E-state index is 0.120. The smallest absolute Gasteiger partial charge is 0.326 e. The molecule has 2 aromatic carbocycles. The number of aliphatic carboxylic acids is 2. The SMILES string of the molecule is NC(Cc1ccccc1)C(=O)NC(Cc1ccccc1)C(=O)NCC(=O)NC(CC(=O)O)C(=O)O. The van der Waals surface area contributed by atoms with Gasteiger partial charge in [0.15, 0.2) is 0 Å². The summed E-state index contributed by atoms with van der Waals surface area (Å²) in [6, 6.07) is 14.4. The van der Waals surface area contributed by atoms with Crippen molar-refractivity contribution in [3.8, 4) is 0 Å². The van der Waals surface area contributed by atoms with Crippen molar-refractivity contribution in [1.29, 1.82) is 0 Å². The largest absolute Gasteiger partial charge is 0.481 e. The molecule has 2 rings (SSSR count). The first-order chi connectivity index (χ1) is 16.7. The Hall–Kier alpha value is -4.25. The number of amides is 3. The van der Waals surface area contributed by atoms with E-state index in [1.165, 1.54) is 0 Å². The molecule has 11 nitrogen and oxygen atoms in total. The summed E-state index contributed by atoms with van der Waals surface area (Å²) < 4.78 is 0. The highest BCUT2D eigenvalue weighted by Gasteiger charge is 2.26. The molecular weight excluding hydrogens is 456 g/mol. The average Bonchev–Trinajstić information content (AvgIpc) is 2.82. The zero-order valence-corrected chi connectivity index (χ0v) is 18.8. The number of nitrogens with one attached hydrogen (secondary N) is 3. The van der Waals surface area contributed by atoms with Crippen molar-refractivity contribution in [2.75, 3.05) is 6.54 Å². The average molecular weight is 485 g/mol. The van der Waals surface area contributed by atoms with E-state index in [-0.39, 0.29) is 12.8 Å². The molecule has 3 atom stereocenters. The molecule has 2 aromatic rings. The molecule has 0 bridgehead atoms. The lowest BCUT2D eigenvalue weighted by Gasteiger charge is -2.21. The van der Waals surface area contributed by atoms with E-state index in [0.29, 0.717) is 0 Å². The number of rotatable bonds is 13. The molecule has 35 heavy (non-hydrogen) atoms. The van der Waals surface area contributed by atoms with Crippen LogP contribution in [0.25, 0.3) is 0 Å². The first-order valence-corrected chi connectivity index (χ1v) is 10.8. The monoisotopic (exact) mass is 484 g/mol. The summed E-state index contributed by atoms with van der Waals surface area (Å²) in [5.74, 6) is -5.05. The van der Waals surface area contributed by atoms with Gasteiger partial charge in [0.05, 0.1) is 19.0 Å². The first kappa shape index (κ1) is 27.0. The molecule has 0 aliphatic heterocycles. The molecular formula is C24H28N4O7. The Morgan fingerprint density at radius 3 is 1.80 bits per heavy atom. The van der Waals surface area contributed by atoms with Gasteiger partial charge in [0.25, 0.3) is 0 Å². The van der Waals surface area contributed by atoms with Gasteiger partial charge in [0, 0.05) is 6.42 Å². The van der Waals surface area contributed by atoms with Crippen LogP contribution < -0.4 is 21.7 Å². The standard InChI is InChI=1S/C24H28N4O7/c25-17(11-15-7-3-1-4-8-15)22(32)28-18(12-16-9-5-2-6-10-16)23(33)26-14-20(29)27-19(24(34)35)13-21(30)31/h1-10,17-19H,11-14,25H2,(H,26,33)(H,27,29)(H,28,32)(H,30,31)(H,34,35). The number of hydrogen-bond acceptors (Lipinski definition) is 6. The van der Waals surface area contributed by atoms with Gasteiger partial charge in [-0.3, -0.25) is 19.2 Å². The third-order valence-corrected chi connectivity index (χ3v) is 4.99. The van der Waals surface area contributed by atoms with Crippen LogP contribution in [0.1, 0.15) is 17.5 Å². The van der Waals surface area contributed by atoms with E-state index in [0.717, 1.165) is 11.1 Å². The Kier molecular flexibility index (Phi) is 10.4. The second-order valence-electron chi connectivity index (χ2n) is 7.82. The van der Waals surface area contributed by atoms with Gasteiger partial charge in [0.2, 0.25) is 17.7 Å². The number of carboxylic acid groups (broad SMARTS) is 2. The summed E-state index contributed by atoms with van der Waals surface area (Å²) in [4.78, 5) is 59.4. The second kappa shape index (κ2) is 13.5. The molecule has 186 valence electrons. The van der Waals surface area contributed by atoms with Gasteiger partial charge in [-0.15, -0.1) is 0 Å². The van der Waals surface area contributed by atoms with Crippen LogP contribution >= 0.6 is 0 Å². The van der Waals surface area contributed by atoms with Crippen molar-refractivity contribution in [1.82, 2.24) is 16.0 Å². The Morgan fingerprint density at radius 1 is 0.743 bits per heavy atom. The number of benzene rings is 2. The number of carbonyl (C=O) groups is 5. The molecule has 0 fully saturated rings. The first-order valence-electron chi connectivity index (χ1n) is 10.8. The third-order valence-electron chi connectivity index (χ3n) is 4.99. The lowest BCUT2D eigenvalue weighted by atomic mass is 10.0. The van der Waals surface area contributed by atoms with Crippen LogP contribution in [-0.4, -0.2) is 64.5 Å². The van der Waals surface area contributed by atoms with Crippen LogP contribution in [0, 0.1) is 0 Å². The maximum atomic E-state index is 12.8. The predicted octanol–water partition coefficient (Wildman–Crippen LogP) is -0.556. The summed E-state index contributed by atoms with van der Waals surface area (Å²) in [5, 5.41) is 24.8. The number of nitrogens with two attached hydrogens (primary N) is 1. The fraction of sp³-hybridized carbons (Fsp3) is 0.292. The summed E-state index contributed by atoms with van der Waals surface area (Å²) in [6.45, 7) is -0.612. The predicted molar refractivity (Wildman–Crippen MR) is 125 cm³/mol. The van der Waals surface area contributed by atoms with E-state index >= 15 is 0 Å². The van der Waals surface area contributed by atoms with E-state index in [1.807, 2.05) is 35.6 Å². The Morgan fingerprint density at radius 2 is 1.29 bits per heavy atom. The van der Waals surface area contributed by atoms with Crippen LogP contribution in [0.4, 0.5) is 0 Å². The van der Waals surface area contributed by atoms with Crippen molar-refractivity contribution >= 4 is 29.7 Å². The molecule has 0 aliphatic carbocycles. The molecule has 11 heteroatoms. The maximum Gasteiger partial charge on any atom is 0.326 e. The van der Waals surface area contributed by atoms with Gasteiger partial charge >= 0.3 is 11.9 Å². The summed E-state index contributed by atoms with van der Waals surface area (Å²) >= 11 is 0. The highest BCUT2D eigenvalue weighted by molar-refractivity contribution is 5.93. The highest BCUT2D eigenvalue weighted by Crippen LogP contribution is 2.06. The molecule has 0 heterocycles. The van der Waals surface area contributed by atoms with Crippen LogP contribution in [0.15, 0.2) is 60.7 Å². The molecule has 3 unspecified atom stereocenters. The Bertz CT molecular complexity index is 1030. The molecule has 0 spiro atoms. The molecule has 0 radical (unpaired) electrons. The van der Waals surface area contributed by atoms with Crippen molar-refractivity contribution in [2.24, 2.45) is 5.73 Å². The number of hydrogen-bond donors (Lipinski definition) is 6. The molecule has 7 N–H and O–H groups in total. The highest BCUT2D eigenvalue weighted by atomic mass is 16.4. The zero-order valence-electron chi connectivity index (χ0n) is 18.8. The third kappa shape index (κ3) is 9.64. The summed E-state index contributed by atoms with van der Waals surface area (Å²) in [6.07, 6.45) is -0.440. The van der Waals surface area contributed by atoms with Gasteiger partial charge < -0.3 is 31.9 Å². The minimum atomic E-state index is -1.65.